The summed E-state index contributed by atoms with van der Waals surface area (Å²) in [6.07, 6.45) is 7.20. The topological polar surface area (TPSA) is 69.7 Å². The first-order valence-corrected chi connectivity index (χ1v) is 11.0. The lowest BCUT2D eigenvalue weighted by molar-refractivity contribution is -0.189. The van der Waals surface area contributed by atoms with Gasteiger partial charge in [-0.05, 0) is 49.0 Å². The Kier molecular flexibility index (Phi) is 3.29. The maximum atomic E-state index is 14.1. The number of rotatable bonds is 2. The number of ether oxygens (including phenoxy) is 2. The molecule has 154 valence electrons. The number of ketones is 2. The highest BCUT2D eigenvalue weighted by molar-refractivity contribution is 6.20. The van der Waals surface area contributed by atoms with Gasteiger partial charge in [-0.1, -0.05) is 32.6 Å². The molecule has 29 heavy (non-hydrogen) atoms. The molecule has 1 heterocycles. The molecule has 0 aromatic heterocycles. The van der Waals surface area contributed by atoms with Crippen molar-refractivity contribution in [2.24, 2.45) is 39.9 Å². The minimum Gasteiger partial charge on any atom is -0.460 e. The molecular weight excluding hydrogens is 368 g/mol. The molecule has 0 amide bonds. The maximum absolute atomic E-state index is 14.1. The molecule has 1 aliphatic heterocycles. The minimum atomic E-state index is -1.31. The molecule has 4 saturated carbocycles. The molecule has 6 rings (SSSR count). The van der Waals surface area contributed by atoms with E-state index in [1.54, 1.807) is 0 Å². The zero-order valence-corrected chi connectivity index (χ0v) is 17.1. The Bertz CT molecular complexity index is 895. The van der Waals surface area contributed by atoms with Crippen molar-refractivity contribution in [1.29, 1.82) is 0 Å². The minimum absolute atomic E-state index is 0.0566. The summed E-state index contributed by atoms with van der Waals surface area (Å²) in [5.41, 5.74) is -1.26. The predicted octanol–water partition coefficient (Wildman–Crippen LogP) is 3.03. The van der Waals surface area contributed by atoms with Gasteiger partial charge in [0.05, 0.1) is 12.5 Å². The molecule has 0 aromatic rings. The van der Waals surface area contributed by atoms with Crippen molar-refractivity contribution >= 4 is 17.5 Å². The Morgan fingerprint density at radius 3 is 2.69 bits per heavy atom. The van der Waals surface area contributed by atoms with Crippen LogP contribution in [0.25, 0.3) is 0 Å². The SMILES string of the molecule is C=C1C(=O)[C@@]23C(=O)[C@@H]4OC[C@]5(C=CCC(C)(C)[C@@H]45)[C@@H]2CC[C@@H]1[C@H]3OC(=O)C1CC1. The normalized spacial score (nSPS) is 49.0. The van der Waals surface area contributed by atoms with Gasteiger partial charge in [0.25, 0.3) is 0 Å². The van der Waals surface area contributed by atoms with E-state index < -0.39 is 17.6 Å². The van der Waals surface area contributed by atoms with Gasteiger partial charge in [0.15, 0.2) is 11.6 Å². The molecule has 0 unspecified atom stereocenters. The van der Waals surface area contributed by atoms with Crippen molar-refractivity contribution in [2.75, 3.05) is 6.61 Å². The van der Waals surface area contributed by atoms with Crippen molar-refractivity contribution < 1.29 is 23.9 Å². The highest BCUT2D eigenvalue weighted by Gasteiger charge is 2.80. The van der Waals surface area contributed by atoms with Crippen molar-refractivity contribution in [3.05, 3.63) is 24.3 Å². The largest absolute Gasteiger partial charge is 0.460 e. The van der Waals surface area contributed by atoms with Gasteiger partial charge in [-0.15, -0.1) is 0 Å². The fourth-order valence-electron chi connectivity index (χ4n) is 7.75. The van der Waals surface area contributed by atoms with Crippen LogP contribution in [0.4, 0.5) is 0 Å². The summed E-state index contributed by atoms with van der Waals surface area (Å²) >= 11 is 0. The molecule has 7 atom stereocenters. The van der Waals surface area contributed by atoms with Crippen molar-refractivity contribution in [2.45, 2.75) is 58.2 Å². The number of carbonyl (C=O) groups excluding carboxylic acids is 3. The van der Waals surface area contributed by atoms with Crippen molar-refractivity contribution in [3.8, 4) is 0 Å². The Morgan fingerprint density at radius 1 is 1.21 bits per heavy atom. The lowest BCUT2D eigenvalue weighted by Gasteiger charge is -2.59. The Morgan fingerprint density at radius 2 is 1.97 bits per heavy atom. The number of hydrogen-bond acceptors (Lipinski definition) is 5. The van der Waals surface area contributed by atoms with Crippen molar-refractivity contribution in [3.63, 3.8) is 0 Å². The molecule has 0 aromatic carbocycles. The first-order chi connectivity index (χ1) is 13.7. The van der Waals surface area contributed by atoms with Crippen LogP contribution in [0.1, 0.15) is 46.0 Å². The lowest BCUT2D eigenvalue weighted by Crippen LogP contribution is -2.68. The molecule has 0 N–H and O–H groups in total. The number of carbonyl (C=O) groups is 3. The van der Waals surface area contributed by atoms with Gasteiger partial charge in [0.1, 0.15) is 17.6 Å². The fourth-order valence-corrected chi connectivity index (χ4v) is 7.75. The molecule has 1 saturated heterocycles. The van der Waals surface area contributed by atoms with Crippen molar-refractivity contribution in [1.82, 2.24) is 0 Å². The Hall–Kier alpha value is -1.75. The van der Waals surface area contributed by atoms with Crippen LogP contribution in [0.2, 0.25) is 0 Å². The summed E-state index contributed by atoms with van der Waals surface area (Å²) in [6, 6.07) is 0. The Balaban J connectivity index is 1.54. The highest BCUT2D eigenvalue weighted by Crippen LogP contribution is 2.71. The molecule has 1 spiro atoms. The highest BCUT2D eigenvalue weighted by atomic mass is 16.5. The van der Waals surface area contributed by atoms with E-state index in [0.717, 1.165) is 32.1 Å². The van der Waals surface area contributed by atoms with E-state index in [4.69, 9.17) is 9.47 Å². The van der Waals surface area contributed by atoms with E-state index in [9.17, 15) is 14.4 Å². The lowest BCUT2D eigenvalue weighted by atomic mass is 9.41. The van der Waals surface area contributed by atoms with Gasteiger partial charge in [-0.3, -0.25) is 14.4 Å². The van der Waals surface area contributed by atoms with Crippen LogP contribution in [0.15, 0.2) is 24.3 Å². The maximum Gasteiger partial charge on any atom is 0.309 e. The van der Waals surface area contributed by atoms with Crippen LogP contribution in [-0.4, -0.2) is 36.4 Å². The monoisotopic (exact) mass is 396 g/mol. The fraction of sp³-hybridized carbons (Fsp3) is 0.708. The summed E-state index contributed by atoms with van der Waals surface area (Å²) in [6.45, 7) is 8.94. The second-order valence-electron chi connectivity index (χ2n) is 10.9. The molecule has 0 radical (unpaired) electrons. The zero-order valence-electron chi connectivity index (χ0n) is 17.1. The summed E-state index contributed by atoms with van der Waals surface area (Å²) in [5, 5.41) is 0. The van der Waals surface area contributed by atoms with Crippen LogP contribution in [0, 0.1) is 39.9 Å². The van der Waals surface area contributed by atoms with Crippen LogP contribution in [0.5, 0.6) is 0 Å². The number of Topliss-reactive ketones (excluding diaryl/α,β-unsaturated/α-hetero) is 2. The standard InChI is InChI=1S/C24H28O5/c1-12-14-7-8-15-23-10-4-9-22(2,3)17(23)16(28-11-23)19(26)24(15,18(12)25)20(14)29-21(27)13-5-6-13/h4,10,13-17,20H,1,5-9,11H2,2-3H3/t14-,15-,16+,17+,20+,23+,24+/m0/s1. The second-order valence-corrected chi connectivity index (χ2v) is 10.9. The summed E-state index contributed by atoms with van der Waals surface area (Å²) in [5.74, 6) is -1.02. The van der Waals surface area contributed by atoms with E-state index in [2.05, 4.69) is 32.6 Å². The molecule has 4 bridgehead atoms. The first-order valence-electron chi connectivity index (χ1n) is 11.0. The molecular formula is C24H28O5. The summed E-state index contributed by atoms with van der Waals surface area (Å²) in [7, 11) is 0. The average Bonchev–Trinajstić information content (AvgIpc) is 3.44. The summed E-state index contributed by atoms with van der Waals surface area (Å²) < 4.78 is 12.2. The third kappa shape index (κ3) is 1.90. The third-order valence-electron chi connectivity index (χ3n) is 9.02. The predicted molar refractivity (Wildman–Crippen MR) is 104 cm³/mol. The number of esters is 1. The van der Waals surface area contributed by atoms with Crippen LogP contribution < -0.4 is 0 Å². The molecule has 6 aliphatic rings. The van der Waals surface area contributed by atoms with Crippen LogP contribution in [-0.2, 0) is 23.9 Å². The smallest absolute Gasteiger partial charge is 0.309 e. The molecule has 5 nitrogen and oxygen atoms in total. The zero-order chi connectivity index (χ0) is 20.3. The van der Waals surface area contributed by atoms with E-state index in [1.807, 2.05) is 0 Å². The Labute approximate surface area is 170 Å². The van der Waals surface area contributed by atoms with Gasteiger partial charge < -0.3 is 9.47 Å². The van der Waals surface area contributed by atoms with Crippen LogP contribution in [0.3, 0.4) is 0 Å². The van der Waals surface area contributed by atoms with Gasteiger partial charge in [-0.2, -0.15) is 0 Å². The van der Waals surface area contributed by atoms with E-state index in [-0.39, 0.29) is 52.0 Å². The second kappa shape index (κ2) is 5.29. The quantitative estimate of drug-likeness (QED) is 0.311. The number of allylic oxidation sites excluding steroid dienone is 1. The molecule has 5 heteroatoms. The van der Waals surface area contributed by atoms with Gasteiger partial charge in [-0.25, -0.2) is 0 Å². The van der Waals surface area contributed by atoms with Gasteiger partial charge in [0, 0.05) is 17.3 Å². The molecule has 5 aliphatic carbocycles. The first kappa shape index (κ1) is 18.1. The van der Waals surface area contributed by atoms with Gasteiger partial charge in [0.2, 0.25) is 0 Å². The van der Waals surface area contributed by atoms with Crippen LogP contribution >= 0.6 is 0 Å². The van der Waals surface area contributed by atoms with Gasteiger partial charge >= 0.3 is 5.97 Å². The van der Waals surface area contributed by atoms with E-state index in [0.29, 0.717) is 12.2 Å². The van der Waals surface area contributed by atoms with E-state index in [1.165, 1.54) is 0 Å². The number of hydrogen-bond donors (Lipinski definition) is 0. The number of fused-ring (bicyclic) bond motifs is 1. The average molecular weight is 396 g/mol. The third-order valence-corrected chi connectivity index (χ3v) is 9.02. The molecule has 5 fully saturated rings. The summed E-state index contributed by atoms with van der Waals surface area (Å²) in [4.78, 5) is 40.4. The van der Waals surface area contributed by atoms with E-state index >= 15 is 0 Å².